The summed E-state index contributed by atoms with van der Waals surface area (Å²) in [5.41, 5.74) is 0.779. The zero-order valence-electron chi connectivity index (χ0n) is 11.3. The Balaban J connectivity index is 1.76. The lowest BCUT2D eigenvalue weighted by Gasteiger charge is -2.16. The van der Waals surface area contributed by atoms with Gasteiger partial charge in [-0.05, 0) is 44.7 Å². The van der Waals surface area contributed by atoms with Crippen molar-refractivity contribution in [1.82, 2.24) is 15.5 Å². The Morgan fingerprint density at radius 3 is 2.74 bits per heavy atom. The van der Waals surface area contributed by atoms with Gasteiger partial charge in [0.15, 0.2) is 11.6 Å². The average molecular weight is 258 g/mol. The molecule has 1 fully saturated rings. The Labute approximate surface area is 112 Å². The molecule has 0 amide bonds. The van der Waals surface area contributed by atoms with Gasteiger partial charge >= 0.3 is 0 Å². The van der Waals surface area contributed by atoms with Crippen LogP contribution < -0.4 is 10.2 Å². The highest BCUT2D eigenvalue weighted by Gasteiger charge is 2.22. The van der Waals surface area contributed by atoms with Gasteiger partial charge in [0.25, 0.3) is 0 Å². The monoisotopic (exact) mass is 258 g/mol. The Kier molecular flexibility index (Phi) is 3.21. The van der Waals surface area contributed by atoms with E-state index in [1.807, 2.05) is 38.2 Å². The van der Waals surface area contributed by atoms with Gasteiger partial charge in [-0.1, -0.05) is 0 Å². The van der Waals surface area contributed by atoms with Crippen LogP contribution >= 0.6 is 0 Å². The van der Waals surface area contributed by atoms with Crippen LogP contribution in [0, 0.1) is 6.92 Å². The number of nitrogens with one attached hydrogen (secondary N) is 1. The number of likely N-dealkylation sites (N-methyl/N-ethyl adjacent to an activating group) is 1. The molecule has 1 atom stereocenters. The molecule has 1 aliphatic rings. The first-order chi connectivity index (χ1) is 9.26. The topological polar surface area (TPSA) is 54.2 Å². The normalized spacial score (nSPS) is 19.1. The second kappa shape index (κ2) is 5.01. The molecule has 1 N–H and O–H groups in total. The van der Waals surface area contributed by atoms with E-state index in [0.29, 0.717) is 6.04 Å². The van der Waals surface area contributed by atoms with Gasteiger partial charge in [-0.2, -0.15) is 0 Å². The number of rotatable bonds is 3. The largest absolute Gasteiger partial charge is 0.460 e. The standard InChI is InChI=1S/C14H18N4O/c1-10-3-5-13(19-10)12-4-6-14(17-16-12)18-8-7-11(9-18)15-2/h3-6,11,15H,7-9H2,1-2H3. The molecule has 0 bridgehead atoms. The van der Waals surface area contributed by atoms with Gasteiger partial charge in [0.05, 0.1) is 0 Å². The molecule has 0 radical (unpaired) electrons. The molecular formula is C14H18N4O. The molecule has 19 heavy (non-hydrogen) atoms. The van der Waals surface area contributed by atoms with E-state index in [1.165, 1.54) is 0 Å². The molecule has 0 spiro atoms. The summed E-state index contributed by atoms with van der Waals surface area (Å²) in [4.78, 5) is 2.26. The molecule has 0 saturated carbocycles. The van der Waals surface area contributed by atoms with Crippen molar-refractivity contribution < 1.29 is 4.42 Å². The summed E-state index contributed by atoms with van der Waals surface area (Å²) in [7, 11) is 2.00. The lowest BCUT2D eigenvalue weighted by molar-refractivity contribution is 0.545. The van der Waals surface area contributed by atoms with E-state index in [2.05, 4.69) is 20.4 Å². The number of anilines is 1. The van der Waals surface area contributed by atoms with Crippen LogP contribution in [0.5, 0.6) is 0 Å². The van der Waals surface area contributed by atoms with Crippen LogP contribution in [0.2, 0.25) is 0 Å². The summed E-state index contributed by atoms with van der Waals surface area (Å²) in [5.74, 6) is 2.59. The first-order valence-corrected chi connectivity index (χ1v) is 6.59. The maximum atomic E-state index is 5.54. The van der Waals surface area contributed by atoms with Gasteiger partial charge in [0.1, 0.15) is 11.5 Å². The predicted octanol–water partition coefficient (Wildman–Crippen LogP) is 1.84. The minimum atomic E-state index is 0.550. The van der Waals surface area contributed by atoms with Crippen LogP contribution in [0.4, 0.5) is 5.82 Å². The SMILES string of the molecule is CNC1CCN(c2ccc(-c3ccc(C)o3)nn2)C1. The summed E-state index contributed by atoms with van der Waals surface area (Å²) in [5, 5.41) is 11.9. The van der Waals surface area contributed by atoms with E-state index in [0.717, 1.165) is 42.5 Å². The highest BCUT2D eigenvalue weighted by atomic mass is 16.3. The molecule has 1 aliphatic heterocycles. The Morgan fingerprint density at radius 2 is 2.16 bits per heavy atom. The molecule has 3 rings (SSSR count). The number of hydrogen-bond acceptors (Lipinski definition) is 5. The molecule has 3 heterocycles. The van der Waals surface area contributed by atoms with Gasteiger partial charge in [0, 0.05) is 19.1 Å². The van der Waals surface area contributed by atoms with Gasteiger partial charge < -0.3 is 14.6 Å². The lowest BCUT2D eigenvalue weighted by atomic mass is 10.3. The molecule has 5 heteroatoms. The smallest absolute Gasteiger partial charge is 0.154 e. The lowest BCUT2D eigenvalue weighted by Crippen LogP contribution is -2.29. The van der Waals surface area contributed by atoms with E-state index >= 15 is 0 Å². The fourth-order valence-corrected chi connectivity index (χ4v) is 2.40. The van der Waals surface area contributed by atoms with Crippen LogP contribution in [-0.2, 0) is 0 Å². The molecular weight excluding hydrogens is 240 g/mol. The van der Waals surface area contributed by atoms with Gasteiger partial charge in [0.2, 0.25) is 0 Å². The van der Waals surface area contributed by atoms with Crippen molar-refractivity contribution >= 4 is 5.82 Å². The average Bonchev–Trinajstić information content (AvgIpc) is 3.07. The van der Waals surface area contributed by atoms with Crippen molar-refractivity contribution in [2.75, 3.05) is 25.0 Å². The molecule has 0 aliphatic carbocycles. The second-order valence-corrected chi connectivity index (χ2v) is 4.91. The number of aryl methyl sites for hydroxylation is 1. The highest BCUT2D eigenvalue weighted by Crippen LogP contribution is 2.22. The van der Waals surface area contributed by atoms with Gasteiger partial charge in [-0.25, -0.2) is 0 Å². The summed E-state index contributed by atoms with van der Waals surface area (Å²) in [6.45, 7) is 3.94. The molecule has 100 valence electrons. The van der Waals surface area contributed by atoms with Crippen molar-refractivity contribution in [2.45, 2.75) is 19.4 Å². The van der Waals surface area contributed by atoms with Crippen molar-refractivity contribution in [2.24, 2.45) is 0 Å². The number of hydrogen-bond donors (Lipinski definition) is 1. The van der Waals surface area contributed by atoms with E-state index in [9.17, 15) is 0 Å². The molecule has 5 nitrogen and oxygen atoms in total. The minimum Gasteiger partial charge on any atom is -0.460 e. The maximum absolute atomic E-state index is 5.54. The summed E-state index contributed by atoms with van der Waals surface area (Å²) in [6.07, 6.45) is 1.15. The van der Waals surface area contributed by atoms with Crippen LogP contribution in [0.3, 0.4) is 0 Å². The minimum absolute atomic E-state index is 0.550. The number of aromatic nitrogens is 2. The Morgan fingerprint density at radius 1 is 1.26 bits per heavy atom. The van der Waals surface area contributed by atoms with Crippen molar-refractivity contribution in [1.29, 1.82) is 0 Å². The maximum Gasteiger partial charge on any atom is 0.154 e. The Hall–Kier alpha value is -1.88. The molecule has 1 unspecified atom stereocenters. The van der Waals surface area contributed by atoms with Crippen LogP contribution in [0.1, 0.15) is 12.2 Å². The van der Waals surface area contributed by atoms with Crippen LogP contribution in [0.25, 0.3) is 11.5 Å². The predicted molar refractivity (Wildman–Crippen MR) is 74.1 cm³/mol. The van der Waals surface area contributed by atoms with Gasteiger partial charge in [-0.3, -0.25) is 0 Å². The van der Waals surface area contributed by atoms with Crippen molar-refractivity contribution in [3.8, 4) is 11.5 Å². The molecule has 2 aromatic heterocycles. The van der Waals surface area contributed by atoms with Crippen molar-refractivity contribution in [3.05, 3.63) is 30.0 Å². The molecule has 0 aromatic carbocycles. The van der Waals surface area contributed by atoms with E-state index in [1.54, 1.807) is 0 Å². The van der Waals surface area contributed by atoms with E-state index in [-0.39, 0.29) is 0 Å². The number of furan rings is 1. The van der Waals surface area contributed by atoms with Crippen LogP contribution in [-0.4, -0.2) is 36.4 Å². The quantitative estimate of drug-likeness (QED) is 0.910. The summed E-state index contributed by atoms with van der Waals surface area (Å²) in [6, 6.07) is 8.38. The Bertz CT molecular complexity index is 549. The zero-order valence-corrected chi connectivity index (χ0v) is 11.3. The zero-order chi connectivity index (χ0) is 13.2. The number of nitrogens with zero attached hydrogens (tertiary/aromatic N) is 3. The third kappa shape index (κ3) is 2.46. The molecule has 2 aromatic rings. The fourth-order valence-electron chi connectivity index (χ4n) is 2.40. The van der Waals surface area contributed by atoms with Crippen LogP contribution in [0.15, 0.2) is 28.7 Å². The van der Waals surface area contributed by atoms with Gasteiger partial charge in [-0.15, -0.1) is 10.2 Å². The summed E-state index contributed by atoms with van der Waals surface area (Å²) >= 11 is 0. The summed E-state index contributed by atoms with van der Waals surface area (Å²) < 4.78 is 5.54. The first-order valence-electron chi connectivity index (χ1n) is 6.59. The highest BCUT2D eigenvalue weighted by molar-refractivity contribution is 5.54. The third-order valence-electron chi connectivity index (χ3n) is 3.56. The van der Waals surface area contributed by atoms with E-state index in [4.69, 9.17) is 4.42 Å². The second-order valence-electron chi connectivity index (χ2n) is 4.91. The molecule has 1 saturated heterocycles. The van der Waals surface area contributed by atoms with E-state index < -0.39 is 0 Å². The third-order valence-corrected chi connectivity index (χ3v) is 3.56. The van der Waals surface area contributed by atoms with Crippen molar-refractivity contribution in [3.63, 3.8) is 0 Å². The fraction of sp³-hybridized carbons (Fsp3) is 0.429. The first kappa shape index (κ1) is 12.2.